The van der Waals surface area contributed by atoms with Crippen LogP contribution in [0.4, 0.5) is 0 Å². The second-order valence-electron chi connectivity index (χ2n) is 6.24. The third kappa shape index (κ3) is 6.13. The number of rotatable bonds is 8. The first-order valence-electron chi connectivity index (χ1n) is 8.46. The van der Waals surface area contributed by atoms with Crippen molar-refractivity contribution in [3.63, 3.8) is 0 Å². The van der Waals surface area contributed by atoms with Gasteiger partial charge in [-0.2, -0.15) is 0 Å². The average Bonchev–Trinajstić information content (AvgIpc) is 2.50. The molecule has 0 aliphatic heterocycles. The lowest BCUT2D eigenvalue weighted by atomic mass is 9.86. The van der Waals surface area contributed by atoms with Gasteiger partial charge in [0.1, 0.15) is 0 Å². The molecule has 1 aliphatic carbocycles. The molecule has 1 fully saturated rings. The molecule has 1 aromatic carbocycles. The molecule has 2 rings (SSSR count). The third-order valence-electron chi connectivity index (χ3n) is 4.41. The van der Waals surface area contributed by atoms with Crippen LogP contribution in [0.5, 0.6) is 0 Å². The number of aryl methyl sites for hydroxylation is 1. The molecule has 134 valence electrons. The average molecular weight is 353 g/mol. The molecule has 0 spiro atoms. The molecule has 0 amide bonds. The molecule has 24 heavy (non-hydrogen) atoms. The zero-order valence-electron chi connectivity index (χ0n) is 14.5. The van der Waals surface area contributed by atoms with E-state index in [0.717, 1.165) is 12.8 Å². The number of guanidine groups is 1. The van der Waals surface area contributed by atoms with Crippen LogP contribution in [0.25, 0.3) is 0 Å². The van der Waals surface area contributed by atoms with Crippen molar-refractivity contribution < 1.29 is 8.42 Å². The Kier molecular flexibility index (Phi) is 7.05. The van der Waals surface area contributed by atoms with Crippen LogP contribution >= 0.6 is 0 Å². The largest absolute Gasteiger partial charge is 0.355 e. The summed E-state index contributed by atoms with van der Waals surface area (Å²) >= 11 is 0. The molecule has 1 aliphatic rings. The van der Waals surface area contributed by atoms with Crippen LogP contribution in [-0.2, 0) is 16.6 Å². The minimum Gasteiger partial charge on any atom is -0.355 e. The van der Waals surface area contributed by atoms with Crippen LogP contribution in [0.15, 0.2) is 29.3 Å². The zero-order valence-corrected chi connectivity index (χ0v) is 15.3. The molecule has 0 aromatic heterocycles. The van der Waals surface area contributed by atoms with Gasteiger partial charge >= 0.3 is 0 Å². The quantitative estimate of drug-likeness (QED) is 0.488. The maximum absolute atomic E-state index is 12.0. The van der Waals surface area contributed by atoms with Crippen molar-refractivity contribution in [2.24, 2.45) is 10.9 Å². The minimum absolute atomic E-state index is 0.0464. The van der Waals surface area contributed by atoms with E-state index in [9.17, 15) is 8.42 Å². The molecule has 0 heterocycles. The summed E-state index contributed by atoms with van der Waals surface area (Å²) in [7, 11) is -1.55. The summed E-state index contributed by atoms with van der Waals surface area (Å²) < 4.78 is 26.6. The monoisotopic (exact) mass is 352 g/mol. The van der Waals surface area contributed by atoms with Crippen molar-refractivity contribution in [3.8, 4) is 0 Å². The maximum atomic E-state index is 12.0. The van der Waals surface area contributed by atoms with Gasteiger partial charge < -0.3 is 10.6 Å². The normalized spacial score (nSPS) is 15.8. The lowest BCUT2D eigenvalue weighted by molar-refractivity contribution is 0.316. The Labute approximate surface area is 145 Å². The Morgan fingerprint density at radius 3 is 2.62 bits per heavy atom. The highest BCUT2D eigenvalue weighted by Crippen LogP contribution is 2.25. The number of hydrogen-bond donors (Lipinski definition) is 3. The van der Waals surface area contributed by atoms with E-state index >= 15 is 0 Å². The second kappa shape index (κ2) is 9.03. The summed E-state index contributed by atoms with van der Waals surface area (Å²) in [6, 6.07) is 8.13. The Morgan fingerprint density at radius 2 is 2.00 bits per heavy atom. The van der Waals surface area contributed by atoms with Gasteiger partial charge in [-0.3, -0.25) is 4.99 Å². The molecule has 0 atom stereocenters. The fraction of sp³-hybridized carbons (Fsp3) is 0.588. The molecule has 7 heteroatoms. The molecule has 0 unspecified atom stereocenters. The Morgan fingerprint density at radius 1 is 1.25 bits per heavy atom. The van der Waals surface area contributed by atoms with Gasteiger partial charge in [0.15, 0.2) is 5.96 Å². The van der Waals surface area contributed by atoms with Gasteiger partial charge in [-0.25, -0.2) is 13.1 Å². The van der Waals surface area contributed by atoms with Crippen molar-refractivity contribution in [2.75, 3.05) is 25.9 Å². The molecular formula is C17H28N4O2S. The molecule has 6 nitrogen and oxygen atoms in total. The smallest absolute Gasteiger partial charge is 0.213 e. The number of nitrogens with zero attached hydrogens (tertiary/aromatic N) is 1. The molecular weight excluding hydrogens is 324 g/mol. The first-order valence-corrected chi connectivity index (χ1v) is 10.1. The summed E-state index contributed by atoms with van der Waals surface area (Å²) in [5, 5.41) is 6.26. The van der Waals surface area contributed by atoms with Crippen molar-refractivity contribution in [2.45, 2.75) is 32.7 Å². The van der Waals surface area contributed by atoms with Crippen molar-refractivity contribution in [3.05, 3.63) is 35.4 Å². The minimum atomic E-state index is -3.23. The topological polar surface area (TPSA) is 82.6 Å². The van der Waals surface area contributed by atoms with Gasteiger partial charge in [-0.05, 0) is 36.8 Å². The first kappa shape index (κ1) is 18.7. The fourth-order valence-electron chi connectivity index (χ4n) is 2.53. The maximum Gasteiger partial charge on any atom is 0.213 e. The number of nitrogens with one attached hydrogen (secondary N) is 3. The summed E-state index contributed by atoms with van der Waals surface area (Å²) in [5.74, 6) is 1.17. The number of aliphatic imine (C=N–C) groups is 1. The van der Waals surface area contributed by atoms with E-state index < -0.39 is 10.0 Å². The Balaban J connectivity index is 1.70. The molecule has 1 saturated carbocycles. The van der Waals surface area contributed by atoms with E-state index in [2.05, 4.69) is 39.4 Å². The van der Waals surface area contributed by atoms with E-state index in [1.54, 1.807) is 7.05 Å². The van der Waals surface area contributed by atoms with E-state index in [-0.39, 0.29) is 5.75 Å². The van der Waals surface area contributed by atoms with Gasteiger partial charge in [0.25, 0.3) is 0 Å². The van der Waals surface area contributed by atoms with E-state index in [4.69, 9.17) is 0 Å². The molecule has 0 saturated heterocycles. The van der Waals surface area contributed by atoms with E-state index in [1.807, 2.05) is 12.1 Å². The van der Waals surface area contributed by atoms with Gasteiger partial charge in [0, 0.05) is 26.7 Å². The highest BCUT2D eigenvalue weighted by Gasteiger charge is 2.20. The van der Waals surface area contributed by atoms with Crippen molar-refractivity contribution >= 4 is 16.0 Å². The predicted octanol–water partition coefficient (Wildman–Crippen LogP) is 1.38. The van der Waals surface area contributed by atoms with Crippen LogP contribution in [-0.4, -0.2) is 40.3 Å². The van der Waals surface area contributed by atoms with E-state index in [1.165, 1.54) is 17.5 Å². The number of hydrogen-bond acceptors (Lipinski definition) is 3. The molecule has 1 aromatic rings. The standard InChI is InChI=1S/C17H28N4O2S/c1-14-6-3-4-9-16(14)13-20-17(18-2)19-10-11-24(22,23)21-12-15-7-5-8-15/h3-4,6,9,15,21H,5,7-8,10-13H2,1-2H3,(H2,18,19,20). The van der Waals surface area contributed by atoms with Gasteiger partial charge in [-0.15, -0.1) is 0 Å². The number of sulfonamides is 1. The fourth-order valence-corrected chi connectivity index (χ4v) is 3.53. The number of benzene rings is 1. The Bertz CT molecular complexity index is 654. The lowest BCUT2D eigenvalue weighted by Gasteiger charge is -2.25. The summed E-state index contributed by atoms with van der Waals surface area (Å²) in [4.78, 5) is 4.13. The summed E-state index contributed by atoms with van der Waals surface area (Å²) in [6.45, 7) is 3.61. The molecule has 3 N–H and O–H groups in total. The highest BCUT2D eigenvalue weighted by atomic mass is 32.2. The van der Waals surface area contributed by atoms with Crippen LogP contribution in [0.1, 0.15) is 30.4 Å². The molecule has 0 radical (unpaired) electrons. The summed E-state index contributed by atoms with van der Waals surface area (Å²) in [5.41, 5.74) is 2.40. The first-order chi connectivity index (χ1) is 11.5. The van der Waals surface area contributed by atoms with Crippen molar-refractivity contribution in [1.82, 2.24) is 15.4 Å². The van der Waals surface area contributed by atoms with Crippen LogP contribution < -0.4 is 15.4 Å². The van der Waals surface area contributed by atoms with Gasteiger partial charge in [0.2, 0.25) is 10.0 Å². The zero-order chi connectivity index (χ0) is 17.4. The SMILES string of the molecule is CN=C(NCCS(=O)(=O)NCC1CCC1)NCc1ccccc1C. The van der Waals surface area contributed by atoms with E-state index in [0.29, 0.717) is 31.5 Å². The van der Waals surface area contributed by atoms with Crippen LogP contribution in [0, 0.1) is 12.8 Å². The highest BCUT2D eigenvalue weighted by molar-refractivity contribution is 7.89. The molecule has 0 bridgehead atoms. The summed E-state index contributed by atoms with van der Waals surface area (Å²) in [6.07, 6.45) is 3.49. The Hall–Kier alpha value is -1.60. The van der Waals surface area contributed by atoms with Gasteiger partial charge in [0.05, 0.1) is 5.75 Å². The predicted molar refractivity (Wildman–Crippen MR) is 98.5 cm³/mol. The van der Waals surface area contributed by atoms with Crippen LogP contribution in [0.2, 0.25) is 0 Å². The van der Waals surface area contributed by atoms with Gasteiger partial charge in [-0.1, -0.05) is 30.7 Å². The lowest BCUT2D eigenvalue weighted by Crippen LogP contribution is -2.41. The second-order valence-corrected chi connectivity index (χ2v) is 8.17. The van der Waals surface area contributed by atoms with Crippen molar-refractivity contribution in [1.29, 1.82) is 0 Å². The third-order valence-corrected chi connectivity index (χ3v) is 5.76. The van der Waals surface area contributed by atoms with Crippen LogP contribution in [0.3, 0.4) is 0 Å².